The van der Waals surface area contributed by atoms with Gasteiger partial charge in [0, 0.05) is 92.9 Å². The number of carbonyl (C=O) groups excluding carboxylic acids is 2. The number of aliphatic hydroxyl groups excluding tert-OH is 3. The molecule has 4 heterocycles. The number of esters is 1. The first-order valence-corrected chi connectivity index (χ1v) is 19.9. The number of anilines is 1. The summed E-state index contributed by atoms with van der Waals surface area (Å²) in [5.41, 5.74) is -0.00988. The molecule has 5 bridgehead atoms. The molecule has 59 heavy (non-hydrogen) atoms. The third-order valence-electron chi connectivity index (χ3n) is 12.0. The number of fused-ring (bicyclic) bond motifs is 14. The Labute approximate surface area is 345 Å². The molecule has 10 atom stereocenters. The monoisotopic (exact) mass is 824 g/mol. The summed E-state index contributed by atoms with van der Waals surface area (Å²) in [6.07, 6.45) is 3.47. The number of hydrogen-bond acceptors (Lipinski definition) is 15. The largest absolute Gasteiger partial charge is 0.507 e. The molecule has 2 aromatic rings. The summed E-state index contributed by atoms with van der Waals surface area (Å²) in [6.45, 7) is 15.3. The van der Waals surface area contributed by atoms with Crippen LogP contribution in [0.1, 0.15) is 71.3 Å². The van der Waals surface area contributed by atoms with Crippen molar-refractivity contribution in [3.05, 3.63) is 52.8 Å². The van der Waals surface area contributed by atoms with Crippen LogP contribution in [-0.2, 0) is 23.8 Å². The van der Waals surface area contributed by atoms with Crippen molar-refractivity contribution in [3.8, 4) is 23.0 Å². The molecule has 4 aliphatic rings. The van der Waals surface area contributed by atoms with Crippen molar-refractivity contribution in [1.82, 2.24) is 9.91 Å². The SMILES string of the molecule is CO[C@H]1/C=C/O[C@@]2(C)Oc3c(C)c(O)c4c(O)c(c(/C=N/N5CCN(C)CC5)c(O)c4c3C2O)NC(=O)/C(C)=C\C=C\[C@H](C)[C@H](O)[C@@H](C)[C@@H](O)[C@@H](C)[C@H](OC(C)=O)[C@@H]1C. The van der Waals surface area contributed by atoms with Gasteiger partial charge in [-0.1, -0.05) is 45.9 Å². The van der Waals surface area contributed by atoms with E-state index in [9.17, 15) is 40.2 Å². The first-order valence-electron chi connectivity index (χ1n) is 19.9. The van der Waals surface area contributed by atoms with Gasteiger partial charge >= 0.3 is 5.97 Å². The summed E-state index contributed by atoms with van der Waals surface area (Å²) in [5, 5.41) is 79.2. The number of likely N-dealkylation sites (N-methyl/N-ethyl adjacent to an activating group) is 1. The maximum atomic E-state index is 13.7. The van der Waals surface area contributed by atoms with Crippen LogP contribution in [0.4, 0.5) is 5.69 Å². The Hall–Kier alpha value is -4.87. The molecule has 7 N–H and O–H groups in total. The number of amides is 1. The van der Waals surface area contributed by atoms with Crippen molar-refractivity contribution in [2.45, 2.75) is 91.7 Å². The zero-order chi connectivity index (χ0) is 43.7. The van der Waals surface area contributed by atoms with Crippen molar-refractivity contribution in [1.29, 1.82) is 0 Å². The fourth-order valence-electron chi connectivity index (χ4n) is 8.07. The number of rotatable bonds is 4. The predicted molar refractivity (Wildman–Crippen MR) is 221 cm³/mol. The highest BCUT2D eigenvalue weighted by Crippen LogP contribution is 2.58. The van der Waals surface area contributed by atoms with Crippen LogP contribution >= 0.6 is 0 Å². The van der Waals surface area contributed by atoms with Crippen molar-refractivity contribution in [3.63, 3.8) is 0 Å². The molecule has 1 fully saturated rings. The molecule has 0 aliphatic carbocycles. The van der Waals surface area contributed by atoms with Crippen LogP contribution in [0.3, 0.4) is 0 Å². The van der Waals surface area contributed by atoms with Crippen molar-refractivity contribution in [2.24, 2.45) is 28.8 Å². The Kier molecular flexibility index (Phi) is 13.9. The quantitative estimate of drug-likeness (QED) is 0.0995. The van der Waals surface area contributed by atoms with E-state index in [1.165, 1.54) is 59.4 Å². The molecular formula is C43H60N4O12. The number of carbonyl (C=O) groups is 2. The molecule has 1 unspecified atom stereocenters. The molecule has 0 spiro atoms. The number of nitrogens with one attached hydrogen (secondary N) is 1. The van der Waals surface area contributed by atoms with E-state index in [1.54, 1.807) is 44.9 Å². The highest BCUT2D eigenvalue weighted by molar-refractivity contribution is 6.16. The van der Waals surface area contributed by atoms with E-state index in [2.05, 4.69) is 15.3 Å². The predicted octanol–water partition coefficient (Wildman–Crippen LogP) is 4.19. The summed E-state index contributed by atoms with van der Waals surface area (Å²) in [4.78, 5) is 28.2. The second-order valence-corrected chi connectivity index (χ2v) is 16.3. The van der Waals surface area contributed by atoms with Crippen molar-refractivity contribution >= 4 is 34.6 Å². The highest BCUT2D eigenvalue weighted by atomic mass is 16.7. The lowest BCUT2D eigenvalue weighted by molar-refractivity contribution is -0.181. The van der Waals surface area contributed by atoms with Gasteiger partial charge < -0.3 is 59.8 Å². The van der Waals surface area contributed by atoms with E-state index in [1.807, 2.05) is 7.05 Å². The van der Waals surface area contributed by atoms with Gasteiger partial charge in [0.15, 0.2) is 11.9 Å². The van der Waals surface area contributed by atoms with Gasteiger partial charge in [0.1, 0.15) is 23.4 Å². The Morgan fingerprint density at radius 3 is 2.24 bits per heavy atom. The number of phenols is 3. The number of benzene rings is 2. The minimum atomic E-state index is -1.85. The number of aromatic hydroxyl groups is 3. The van der Waals surface area contributed by atoms with Gasteiger partial charge in [0.2, 0.25) is 0 Å². The number of methoxy groups -OCH3 is 1. The number of nitrogens with zero attached hydrogens (tertiary/aromatic N) is 3. The van der Waals surface area contributed by atoms with E-state index >= 15 is 0 Å². The Balaban J connectivity index is 1.70. The average molecular weight is 825 g/mol. The first kappa shape index (κ1) is 45.2. The lowest BCUT2D eigenvalue weighted by Gasteiger charge is -2.38. The maximum Gasteiger partial charge on any atom is 0.302 e. The van der Waals surface area contributed by atoms with Gasteiger partial charge in [-0.2, -0.15) is 5.10 Å². The summed E-state index contributed by atoms with van der Waals surface area (Å²) in [6, 6.07) is 0. The minimum Gasteiger partial charge on any atom is -0.507 e. The van der Waals surface area contributed by atoms with E-state index in [4.69, 9.17) is 18.9 Å². The zero-order valence-corrected chi connectivity index (χ0v) is 35.5. The van der Waals surface area contributed by atoms with Crippen LogP contribution in [-0.4, -0.2) is 129 Å². The van der Waals surface area contributed by atoms with Crippen LogP contribution in [0.2, 0.25) is 0 Å². The average Bonchev–Trinajstić information content (AvgIpc) is 3.46. The van der Waals surface area contributed by atoms with Crippen LogP contribution < -0.4 is 10.1 Å². The van der Waals surface area contributed by atoms with E-state index in [0.717, 1.165) is 13.1 Å². The van der Waals surface area contributed by atoms with Crippen LogP contribution in [0.5, 0.6) is 23.0 Å². The van der Waals surface area contributed by atoms with E-state index in [-0.39, 0.29) is 44.5 Å². The molecule has 0 aromatic heterocycles. The standard InChI is InChI=1S/C43H60N4O12/c1-21-12-11-13-22(2)42(55)45-33-28(20-44-47-17-15-46(9)16-18-47)37(52)30-31(38(33)53)36(51)26(6)40-32(30)41(54)43(8,59-40)57-19-14-29(56-10)23(3)39(58-27(7)48)25(5)35(50)24(4)34(21)49/h11-14,19-21,23-25,29,34-35,39,41,49-54H,15-18H2,1-10H3,(H,45,55)/b12-11+,19-14+,22-13-,44-20+/t21-,23+,24+,25+,29-,34-,35+,39+,41?,43-/m0/s1. The molecule has 324 valence electrons. The number of ether oxygens (including phenoxy) is 4. The molecule has 16 nitrogen and oxygen atoms in total. The van der Waals surface area contributed by atoms with Gasteiger partial charge in [0.05, 0.1) is 47.4 Å². The summed E-state index contributed by atoms with van der Waals surface area (Å²) < 4.78 is 23.8. The fraction of sp³-hybridized carbons (Fsp3) is 0.558. The van der Waals surface area contributed by atoms with Crippen molar-refractivity contribution in [2.75, 3.05) is 45.7 Å². The Bertz CT molecular complexity index is 2020. The topological polar surface area (TPSA) is 223 Å². The van der Waals surface area contributed by atoms with Crippen LogP contribution in [0.25, 0.3) is 10.8 Å². The van der Waals surface area contributed by atoms with E-state index in [0.29, 0.717) is 13.1 Å². The third kappa shape index (κ3) is 9.01. The number of hydrogen-bond donors (Lipinski definition) is 7. The molecule has 4 aliphatic heterocycles. The second kappa shape index (κ2) is 18.2. The fourth-order valence-corrected chi connectivity index (χ4v) is 8.07. The van der Waals surface area contributed by atoms with Crippen molar-refractivity contribution < 1.29 is 59.2 Å². The molecule has 1 amide bonds. The Morgan fingerprint density at radius 1 is 0.949 bits per heavy atom. The number of aliphatic hydroxyl groups is 3. The first-order chi connectivity index (χ1) is 27.7. The smallest absolute Gasteiger partial charge is 0.302 e. The molecule has 0 saturated carbocycles. The molecule has 6 rings (SSSR count). The number of piperazine rings is 1. The minimum absolute atomic E-state index is 0.00265. The van der Waals surface area contributed by atoms with Crippen LogP contribution in [0, 0.1) is 30.6 Å². The van der Waals surface area contributed by atoms with Gasteiger partial charge in [-0.25, -0.2) is 0 Å². The normalized spacial score (nSPS) is 33.3. The Morgan fingerprint density at radius 2 is 1.61 bits per heavy atom. The number of allylic oxidation sites excluding steroid dienone is 2. The maximum absolute atomic E-state index is 13.7. The van der Waals surface area contributed by atoms with E-state index < -0.39 is 89.1 Å². The molecule has 16 heteroatoms. The van der Waals surface area contributed by atoms with Gasteiger partial charge in [0.25, 0.3) is 11.7 Å². The third-order valence-corrected chi connectivity index (χ3v) is 12.0. The van der Waals surface area contributed by atoms with Gasteiger partial charge in [-0.3, -0.25) is 14.6 Å². The molecule has 1 saturated heterocycles. The second-order valence-electron chi connectivity index (χ2n) is 16.3. The molecule has 2 aromatic carbocycles. The van der Waals surface area contributed by atoms with Crippen LogP contribution in [0.15, 0.2) is 41.2 Å². The lowest BCUT2D eigenvalue weighted by Crippen LogP contribution is -2.46. The summed E-state index contributed by atoms with van der Waals surface area (Å²) in [7, 11) is 3.45. The number of hydrazone groups is 1. The van der Waals surface area contributed by atoms with Gasteiger partial charge in [-0.15, -0.1) is 0 Å². The number of phenolic OH excluding ortho intramolecular Hbond substituents is 3. The molecule has 0 radical (unpaired) electrons. The van der Waals surface area contributed by atoms with Gasteiger partial charge in [-0.05, 0) is 27.0 Å². The summed E-state index contributed by atoms with van der Waals surface area (Å²) >= 11 is 0. The molecular weight excluding hydrogens is 764 g/mol. The highest BCUT2D eigenvalue weighted by Gasteiger charge is 2.50. The lowest BCUT2D eigenvalue weighted by atomic mass is 9.78. The summed E-state index contributed by atoms with van der Waals surface area (Å²) in [5.74, 6) is -7.07. The zero-order valence-electron chi connectivity index (χ0n) is 35.5.